The number of phenolic OH excluding ortho intramolecular Hbond substituents is 1. The molecule has 5 nitrogen and oxygen atoms in total. The number of hydrogen-bond donors (Lipinski definition) is 2. The molecule has 25 heavy (non-hydrogen) atoms. The molecule has 3 aromatic rings. The van der Waals surface area contributed by atoms with Crippen molar-refractivity contribution in [3.63, 3.8) is 0 Å². The average molecular weight is 366 g/mol. The number of phenols is 1. The van der Waals surface area contributed by atoms with E-state index in [1.165, 1.54) is 23.6 Å². The van der Waals surface area contributed by atoms with E-state index >= 15 is 0 Å². The van der Waals surface area contributed by atoms with Gasteiger partial charge in [0.1, 0.15) is 16.5 Å². The third-order valence-electron chi connectivity index (χ3n) is 3.40. The maximum Gasteiger partial charge on any atom is 0.416 e. The number of anilines is 2. The van der Waals surface area contributed by atoms with Gasteiger partial charge in [-0.15, -0.1) is 11.3 Å². The summed E-state index contributed by atoms with van der Waals surface area (Å²) in [6, 6.07) is 4.38. The van der Waals surface area contributed by atoms with E-state index in [0.29, 0.717) is 16.8 Å². The van der Waals surface area contributed by atoms with Crippen molar-refractivity contribution in [2.45, 2.75) is 20.0 Å². The largest absolute Gasteiger partial charge is 0.508 e. The molecule has 0 amide bonds. The maximum absolute atomic E-state index is 12.8. The number of alkyl halides is 3. The van der Waals surface area contributed by atoms with Crippen molar-refractivity contribution in [3.05, 3.63) is 46.6 Å². The number of nitrogens with zero attached hydrogens (tertiary/aromatic N) is 3. The number of thiazole rings is 1. The second-order valence-electron chi connectivity index (χ2n) is 5.32. The van der Waals surface area contributed by atoms with Crippen LogP contribution in [0.15, 0.2) is 30.5 Å². The molecule has 0 aliphatic carbocycles. The van der Waals surface area contributed by atoms with Crippen molar-refractivity contribution in [2.24, 2.45) is 0 Å². The molecule has 1 aromatic carbocycles. The molecule has 130 valence electrons. The van der Waals surface area contributed by atoms with E-state index in [0.717, 1.165) is 16.6 Å². The molecule has 2 aromatic heterocycles. The molecule has 2 N–H and O–H groups in total. The van der Waals surface area contributed by atoms with E-state index < -0.39 is 17.5 Å². The topological polar surface area (TPSA) is 70.9 Å². The summed E-state index contributed by atoms with van der Waals surface area (Å²) in [7, 11) is 0. The minimum Gasteiger partial charge on any atom is -0.508 e. The molecule has 0 bridgehead atoms. The SMILES string of the molecule is Cc1nc(-c2ccnc(Nc3cc(O)cc(C(F)(F)F)c3)n2)sc1C. The fraction of sp³-hybridized carbons (Fsp3) is 0.188. The molecule has 0 unspecified atom stereocenters. The summed E-state index contributed by atoms with van der Waals surface area (Å²) >= 11 is 1.47. The Bertz CT molecular complexity index is 904. The van der Waals surface area contributed by atoms with Gasteiger partial charge in [0.25, 0.3) is 0 Å². The standard InChI is InChI=1S/C16H13F3N4OS/c1-8-9(2)25-14(21-8)13-3-4-20-15(23-13)22-11-5-10(16(17,18)19)6-12(24)7-11/h3-7,24H,1-2H3,(H,20,22,23). The Kier molecular flexibility index (Phi) is 4.34. The van der Waals surface area contributed by atoms with E-state index in [9.17, 15) is 18.3 Å². The van der Waals surface area contributed by atoms with Crippen LogP contribution in [-0.2, 0) is 6.18 Å². The van der Waals surface area contributed by atoms with Gasteiger partial charge >= 0.3 is 6.18 Å². The van der Waals surface area contributed by atoms with Crippen molar-refractivity contribution >= 4 is 23.0 Å². The fourth-order valence-electron chi connectivity index (χ4n) is 2.10. The number of aromatic nitrogens is 3. The molecule has 0 aliphatic rings. The van der Waals surface area contributed by atoms with Gasteiger partial charge in [0.15, 0.2) is 0 Å². The molecule has 0 fully saturated rings. The number of nitrogens with one attached hydrogen (secondary N) is 1. The van der Waals surface area contributed by atoms with E-state index in [1.807, 2.05) is 13.8 Å². The average Bonchev–Trinajstić information content (AvgIpc) is 2.86. The van der Waals surface area contributed by atoms with Gasteiger partial charge in [-0.1, -0.05) is 0 Å². The molecular formula is C16H13F3N4OS. The highest BCUT2D eigenvalue weighted by atomic mass is 32.1. The maximum atomic E-state index is 12.8. The van der Waals surface area contributed by atoms with Crippen molar-refractivity contribution in [2.75, 3.05) is 5.32 Å². The van der Waals surface area contributed by atoms with Gasteiger partial charge < -0.3 is 10.4 Å². The van der Waals surface area contributed by atoms with E-state index in [1.54, 1.807) is 6.07 Å². The van der Waals surface area contributed by atoms with Crippen LogP contribution in [0.3, 0.4) is 0 Å². The van der Waals surface area contributed by atoms with Gasteiger partial charge in [-0.25, -0.2) is 15.0 Å². The van der Waals surface area contributed by atoms with Crippen LogP contribution in [0.2, 0.25) is 0 Å². The van der Waals surface area contributed by atoms with E-state index in [-0.39, 0.29) is 11.6 Å². The van der Waals surface area contributed by atoms with Crippen molar-refractivity contribution in [1.82, 2.24) is 15.0 Å². The lowest BCUT2D eigenvalue weighted by Gasteiger charge is -2.11. The van der Waals surface area contributed by atoms with Gasteiger partial charge in [0.05, 0.1) is 11.3 Å². The zero-order valence-electron chi connectivity index (χ0n) is 13.2. The lowest BCUT2D eigenvalue weighted by atomic mass is 10.2. The number of benzene rings is 1. The minimum atomic E-state index is -4.56. The molecule has 3 rings (SSSR count). The lowest BCUT2D eigenvalue weighted by molar-refractivity contribution is -0.137. The van der Waals surface area contributed by atoms with Crippen LogP contribution < -0.4 is 5.32 Å². The Labute approximate surface area is 145 Å². The molecule has 0 spiro atoms. The summed E-state index contributed by atoms with van der Waals surface area (Å²) in [4.78, 5) is 13.7. The first-order valence-corrected chi connectivity index (χ1v) is 8.00. The summed E-state index contributed by atoms with van der Waals surface area (Å²) in [5.41, 5.74) is 0.541. The first-order valence-electron chi connectivity index (χ1n) is 7.18. The number of rotatable bonds is 3. The van der Waals surface area contributed by atoms with Crippen LogP contribution in [0.4, 0.5) is 24.8 Å². The predicted octanol–water partition coefficient (Wildman–Crippen LogP) is 4.68. The minimum absolute atomic E-state index is 0.0379. The number of aryl methyl sites for hydroxylation is 2. The first-order chi connectivity index (χ1) is 11.7. The van der Waals surface area contributed by atoms with Crippen molar-refractivity contribution in [1.29, 1.82) is 0 Å². The lowest BCUT2D eigenvalue weighted by Crippen LogP contribution is -2.06. The quantitative estimate of drug-likeness (QED) is 0.704. The third kappa shape index (κ3) is 3.87. The first kappa shape index (κ1) is 17.2. The predicted molar refractivity (Wildman–Crippen MR) is 89.0 cm³/mol. The van der Waals surface area contributed by atoms with Crippen LogP contribution in [0.1, 0.15) is 16.1 Å². The van der Waals surface area contributed by atoms with Crippen LogP contribution in [0.5, 0.6) is 5.75 Å². The molecule has 9 heteroatoms. The van der Waals surface area contributed by atoms with Crippen LogP contribution in [0.25, 0.3) is 10.7 Å². The highest BCUT2D eigenvalue weighted by Crippen LogP contribution is 2.34. The van der Waals surface area contributed by atoms with Gasteiger partial charge in [-0.2, -0.15) is 13.2 Å². The Morgan fingerprint density at radius 1 is 1.12 bits per heavy atom. The summed E-state index contributed by atoms with van der Waals surface area (Å²) in [5, 5.41) is 12.9. The molecular weight excluding hydrogens is 353 g/mol. The van der Waals surface area contributed by atoms with Gasteiger partial charge in [-0.05, 0) is 32.0 Å². The molecule has 0 aliphatic heterocycles. The normalized spacial score (nSPS) is 11.6. The number of aromatic hydroxyl groups is 1. The highest BCUT2D eigenvalue weighted by Gasteiger charge is 2.31. The van der Waals surface area contributed by atoms with Gasteiger partial charge in [-0.3, -0.25) is 0 Å². The zero-order chi connectivity index (χ0) is 18.2. The summed E-state index contributed by atoms with van der Waals surface area (Å²) in [6.45, 7) is 3.84. The third-order valence-corrected chi connectivity index (χ3v) is 4.50. The van der Waals surface area contributed by atoms with Crippen LogP contribution >= 0.6 is 11.3 Å². The monoisotopic (exact) mass is 366 g/mol. The Morgan fingerprint density at radius 2 is 1.88 bits per heavy atom. The molecule has 0 atom stereocenters. The molecule has 0 radical (unpaired) electrons. The number of halogens is 3. The van der Waals surface area contributed by atoms with E-state index in [2.05, 4.69) is 20.3 Å². The summed E-state index contributed by atoms with van der Waals surface area (Å²) in [6.07, 6.45) is -3.07. The Balaban J connectivity index is 1.91. The summed E-state index contributed by atoms with van der Waals surface area (Å²) < 4.78 is 38.5. The van der Waals surface area contributed by atoms with Gasteiger partial charge in [0.2, 0.25) is 5.95 Å². The molecule has 0 saturated heterocycles. The number of hydrogen-bond acceptors (Lipinski definition) is 6. The zero-order valence-corrected chi connectivity index (χ0v) is 14.0. The second-order valence-corrected chi connectivity index (χ2v) is 6.52. The second kappa shape index (κ2) is 6.32. The Morgan fingerprint density at radius 3 is 2.52 bits per heavy atom. The Hall–Kier alpha value is -2.68. The molecule has 2 heterocycles. The smallest absolute Gasteiger partial charge is 0.416 e. The van der Waals surface area contributed by atoms with Crippen LogP contribution in [-0.4, -0.2) is 20.1 Å². The van der Waals surface area contributed by atoms with Crippen molar-refractivity contribution in [3.8, 4) is 16.5 Å². The van der Waals surface area contributed by atoms with Crippen LogP contribution in [0, 0.1) is 13.8 Å². The summed E-state index contributed by atoms with van der Waals surface area (Å²) in [5.74, 6) is -0.388. The fourth-order valence-corrected chi connectivity index (χ4v) is 2.98. The van der Waals surface area contributed by atoms with E-state index in [4.69, 9.17) is 0 Å². The highest BCUT2D eigenvalue weighted by molar-refractivity contribution is 7.15. The van der Waals surface area contributed by atoms with Crippen molar-refractivity contribution < 1.29 is 18.3 Å². The molecule has 0 saturated carbocycles. The van der Waals surface area contributed by atoms with Gasteiger partial charge in [0, 0.05) is 22.8 Å².